The number of carboxylic acids is 1. The van der Waals surface area contributed by atoms with Gasteiger partial charge in [0.1, 0.15) is 5.82 Å². The maximum Gasteiger partial charge on any atom is 0.307 e. The SMILES string of the molecule is Cc1cc(F)ccc1CCNC(=O)C1C2C=CC(C2)C1C(=O)O. The summed E-state index contributed by atoms with van der Waals surface area (Å²) in [5.41, 5.74) is 1.83. The Morgan fingerprint density at radius 1 is 1.26 bits per heavy atom. The Hall–Kier alpha value is -2.17. The maximum absolute atomic E-state index is 13.1. The van der Waals surface area contributed by atoms with E-state index in [0.29, 0.717) is 13.0 Å². The molecule has 1 amide bonds. The number of hydrogen-bond donors (Lipinski definition) is 2. The van der Waals surface area contributed by atoms with Crippen LogP contribution in [-0.2, 0) is 16.0 Å². The Balaban J connectivity index is 1.59. The molecule has 0 spiro atoms. The van der Waals surface area contributed by atoms with Crippen molar-refractivity contribution in [3.63, 3.8) is 0 Å². The molecule has 5 heteroatoms. The fraction of sp³-hybridized carbons (Fsp3) is 0.444. The average Bonchev–Trinajstić information content (AvgIpc) is 3.10. The zero-order valence-corrected chi connectivity index (χ0v) is 13.0. The van der Waals surface area contributed by atoms with Crippen LogP contribution in [-0.4, -0.2) is 23.5 Å². The molecule has 0 radical (unpaired) electrons. The van der Waals surface area contributed by atoms with E-state index in [1.807, 2.05) is 19.1 Å². The molecule has 1 aromatic carbocycles. The second-order valence-corrected chi connectivity index (χ2v) is 6.45. The Bertz CT molecular complexity index is 670. The molecule has 2 N–H and O–H groups in total. The van der Waals surface area contributed by atoms with Crippen molar-refractivity contribution in [1.82, 2.24) is 5.32 Å². The van der Waals surface area contributed by atoms with E-state index in [4.69, 9.17) is 0 Å². The first-order valence-corrected chi connectivity index (χ1v) is 7.91. The summed E-state index contributed by atoms with van der Waals surface area (Å²) < 4.78 is 13.1. The molecule has 0 saturated heterocycles. The van der Waals surface area contributed by atoms with Crippen LogP contribution in [0.4, 0.5) is 4.39 Å². The van der Waals surface area contributed by atoms with Crippen LogP contribution in [0.1, 0.15) is 17.5 Å². The molecule has 23 heavy (non-hydrogen) atoms. The van der Waals surface area contributed by atoms with Gasteiger partial charge in [0.25, 0.3) is 0 Å². The fourth-order valence-electron chi connectivity index (χ4n) is 3.89. The summed E-state index contributed by atoms with van der Waals surface area (Å²) in [6, 6.07) is 4.60. The normalized spacial score (nSPS) is 28.1. The molecule has 0 aromatic heterocycles. The summed E-state index contributed by atoms with van der Waals surface area (Å²) in [4.78, 5) is 23.8. The molecule has 2 bridgehead atoms. The quantitative estimate of drug-likeness (QED) is 0.819. The Morgan fingerprint density at radius 3 is 2.61 bits per heavy atom. The number of carbonyl (C=O) groups is 2. The standard InChI is InChI=1S/C18H20FNO3/c1-10-8-14(19)5-4-11(10)6-7-20-17(21)15-12-2-3-13(9-12)16(15)18(22)23/h2-5,8,12-13,15-16H,6-7,9H2,1H3,(H,20,21)(H,22,23). The second kappa shape index (κ2) is 6.14. The highest BCUT2D eigenvalue weighted by atomic mass is 19.1. The smallest absolute Gasteiger partial charge is 0.307 e. The minimum atomic E-state index is -0.892. The number of benzene rings is 1. The van der Waals surface area contributed by atoms with Gasteiger partial charge in [0, 0.05) is 6.54 Å². The molecule has 1 saturated carbocycles. The molecule has 3 rings (SSSR count). The highest BCUT2D eigenvalue weighted by Crippen LogP contribution is 2.48. The van der Waals surface area contributed by atoms with Gasteiger partial charge in [-0.1, -0.05) is 18.2 Å². The van der Waals surface area contributed by atoms with Crippen molar-refractivity contribution in [2.45, 2.75) is 19.8 Å². The third-order valence-corrected chi connectivity index (χ3v) is 5.05. The second-order valence-electron chi connectivity index (χ2n) is 6.45. The minimum absolute atomic E-state index is 0.0207. The monoisotopic (exact) mass is 317 g/mol. The summed E-state index contributed by atoms with van der Waals surface area (Å²) in [7, 11) is 0. The van der Waals surface area contributed by atoms with Crippen molar-refractivity contribution >= 4 is 11.9 Å². The lowest BCUT2D eigenvalue weighted by Crippen LogP contribution is -2.40. The average molecular weight is 317 g/mol. The third-order valence-electron chi connectivity index (χ3n) is 5.05. The first kappa shape index (κ1) is 15.7. The number of allylic oxidation sites excluding steroid dienone is 2. The van der Waals surface area contributed by atoms with Gasteiger partial charge in [0.15, 0.2) is 0 Å². The van der Waals surface area contributed by atoms with E-state index in [0.717, 1.165) is 17.5 Å². The predicted octanol–water partition coefficient (Wildman–Crippen LogP) is 2.32. The molecule has 4 nitrogen and oxygen atoms in total. The number of rotatable bonds is 5. The molecule has 1 aromatic rings. The summed E-state index contributed by atoms with van der Waals surface area (Å²) in [6.07, 6.45) is 5.26. The maximum atomic E-state index is 13.1. The zero-order chi connectivity index (χ0) is 16.6. The van der Waals surface area contributed by atoms with Crippen LogP contribution >= 0.6 is 0 Å². The third kappa shape index (κ3) is 3.00. The molecule has 2 aliphatic rings. The van der Waals surface area contributed by atoms with Gasteiger partial charge in [-0.05, 0) is 54.9 Å². The van der Waals surface area contributed by atoms with Crippen LogP contribution in [0.25, 0.3) is 0 Å². The largest absolute Gasteiger partial charge is 0.481 e. The first-order valence-electron chi connectivity index (χ1n) is 7.91. The van der Waals surface area contributed by atoms with Crippen LogP contribution in [0.3, 0.4) is 0 Å². The summed E-state index contributed by atoms with van der Waals surface area (Å²) in [5.74, 6) is -2.42. The highest BCUT2D eigenvalue weighted by molar-refractivity contribution is 5.86. The van der Waals surface area contributed by atoms with Crippen LogP contribution in [0.15, 0.2) is 30.4 Å². The first-order chi connectivity index (χ1) is 11.0. The minimum Gasteiger partial charge on any atom is -0.481 e. The van der Waals surface area contributed by atoms with Crippen molar-refractivity contribution in [3.8, 4) is 0 Å². The van der Waals surface area contributed by atoms with E-state index in [1.54, 1.807) is 6.07 Å². The molecule has 0 aliphatic heterocycles. The number of carbonyl (C=O) groups excluding carboxylic acids is 1. The van der Waals surface area contributed by atoms with Gasteiger partial charge < -0.3 is 10.4 Å². The molecule has 122 valence electrons. The Morgan fingerprint density at radius 2 is 1.96 bits per heavy atom. The molecule has 0 heterocycles. The topological polar surface area (TPSA) is 66.4 Å². The highest BCUT2D eigenvalue weighted by Gasteiger charge is 2.51. The fourth-order valence-corrected chi connectivity index (χ4v) is 3.89. The van der Waals surface area contributed by atoms with Gasteiger partial charge >= 0.3 is 5.97 Å². The van der Waals surface area contributed by atoms with Crippen LogP contribution in [0.2, 0.25) is 0 Å². The number of fused-ring (bicyclic) bond motifs is 2. The predicted molar refractivity (Wildman–Crippen MR) is 83.2 cm³/mol. The summed E-state index contributed by atoms with van der Waals surface area (Å²) in [6.45, 7) is 2.26. The molecule has 1 fully saturated rings. The van der Waals surface area contributed by atoms with E-state index in [1.165, 1.54) is 12.1 Å². The van der Waals surface area contributed by atoms with E-state index in [2.05, 4.69) is 5.32 Å². The Labute approximate surface area is 134 Å². The number of aryl methyl sites for hydroxylation is 1. The molecular weight excluding hydrogens is 297 g/mol. The lowest BCUT2D eigenvalue weighted by atomic mass is 9.82. The van der Waals surface area contributed by atoms with Gasteiger partial charge in [-0.3, -0.25) is 9.59 Å². The number of nitrogens with one attached hydrogen (secondary N) is 1. The van der Waals surface area contributed by atoms with Crippen molar-refractivity contribution < 1.29 is 19.1 Å². The van der Waals surface area contributed by atoms with Crippen LogP contribution < -0.4 is 5.32 Å². The van der Waals surface area contributed by atoms with Crippen LogP contribution in [0.5, 0.6) is 0 Å². The number of aliphatic carboxylic acids is 1. The van der Waals surface area contributed by atoms with E-state index in [-0.39, 0.29) is 23.6 Å². The molecular formula is C18H20FNO3. The van der Waals surface area contributed by atoms with Crippen molar-refractivity contribution in [1.29, 1.82) is 0 Å². The van der Waals surface area contributed by atoms with E-state index >= 15 is 0 Å². The summed E-state index contributed by atoms with van der Waals surface area (Å²) in [5, 5.41) is 12.2. The van der Waals surface area contributed by atoms with Gasteiger partial charge in [-0.15, -0.1) is 0 Å². The van der Waals surface area contributed by atoms with Gasteiger partial charge in [0.2, 0.25) is 5.91 Å². The van der Waals surface area contributed by atoms with E-state index in [9.17, 15) is 19.1 Å². The summed E-state index contributed by atoms with van der Waals surface area (Å²) >= 11 is 0. The van der Waals surface area contributed by atoms with Gasteiger partial charge in [0.05, 0.1) is 11.8 Å². The Kier molecular flexibility index (Phi) is 4.20. The van der Waals surface area contributed by atoms with Gasteiger partial charge in [-0.2, -0.15) is 0 Å². The van der Waals surface area contributed by atoms with Crippen molar-refractivity contribution in [2.75, 3.05) is 6.54 Å². The van der Waals surface area contributed by atoms with Crippen LogP contribution in [0, 0.1) is 36.4 Å². The molecule has 4 atom stereocenters. The number of carboxylic acid groups (broad SMARTS) is 1. The lowest BCUT2D eigenvalue weighted by molar-refractivity contribution is -0.147. The number of amides is 1. The van der Waals surface area contributed by atoms with Crippen molar-refractivity contribution in [3.05, 3.63) is 47.3 Å². The van der Waals surface area contributed by atoms with E-state index < -0.39 is 17.8 Å². The molecule has 2 aliphatic carbocycles. The number of hydrogen-bond acceptors (Lipinski definition) is 2. The van der Waals surface area contributed by atoms with Gasteiger partial charge in [-0.25, -0.2) is 4.39 Å². The molecule has 4 unspecified atom stereocenters. The zero-order valence-electron chi connectivity index (χ0n) is 13.0. The van der Waals surface area contributed by atoms with Crippen molar-refractivity contribution in [2.24, 2.45) is 23.7 Å². The lowest BCUT2D eigenvalue weighted by Gasteiger charge is -2.23. The number of halogens is 1.